The summed E-state index contributed by atoms with van der Waals surface area (Å²) in [4.78, 5) is 16.3. The van der Waals surface area contributed by atoms with Crippen LogP contribution in [0.15, 0.2) is 53.2 Å². The average Bonchev–Trinajstić information content (AvgIpc) is 3.14. The molecule has 2 aromatic rings. The average molecular weight is 307 g/mol. The third kappa shape index (κ3) is 2.57. The fraction of sp³-hybridized carbons (Fsp3) is 0.111. The van der Waals surface area contributed by atoms with Crippen LogP contribution in [0.1, 0.15) is 16.7 Å². The summed E-state index contributed by atoms with van der Waals surface area (Å²) in [6.07, 6.45) is 1.67. The van der Waals surface area contributed by atoms with Gasteiger partial charge in [-0.25, -0.2) is 9.79 Å². The predicted octanol–water partition coefficient (Wildman–Crippen LogP) is 3.07. The van der Waals surface area contributed by atoms with Gasteiger partial charge in [0.2, 0.25) is 12.7 Å². The van der Waals surface area contributed by atoms with Gasteiger partial charge in [0, 0.05) is 5.56 Å². The first-order chi connectivity index (χ1) is 11.2. The van der Waals surface area contributed by atoms with Crippen LogP contribution >= 0.6 is 0 Å². The van der Waals surface area contributed by atoms with Crippen molar-refractivity contribution in [3.8, 4) is 11.5 Å². The van der Waals surface area contributed by atoms with Crippen LogP contribution < -0.4 is 9.47 Å². The zero-order valence-electron chi connectivity index (χ0n) is 12.4. The summed E-state index contributed by atoms with van der Waals surface area (Å²) < 4.78 is 15.9. The second kappa shape index (κ2) is 5.28. The normalized spacial score (nSPS) is 17.3. The first-order valence-corrected chi connectivity index (χ1v) is 7.18. The van der Waals surface area contributed by atoms with Gasteiger partial charge in [0.15, 0.2) is 17.2 Å². The van der Waals surface area contributed by atoms with Gasteiger partial charge >= 0.3 is 5.97 Å². The van der Waals surface area contributed by atoms with E-state index >= 15 is 0 Å². The molecule has 0 aromatic heterocycles. The molecule has 2 aromatic carbocycles. The van der Waals surface area contributed by atoms with Crippen LogP contribution in [0.25, 0.3) is 6.08 Å². The minimum absolute atomic E-state index is 0.215. The van der Waals surface area contributed by atoms with E-state index < -0.39 is 5.97 Å². The Morgan fingerprint density at radius 2 is 1.96 bits per heavy atom. The number of ether oxygens (including phenoxy) is 3. The van der Waals surface area contributed by atoms with Crippen LogP contribution in [0.2, 0.25) is 0 Å². The van der Waals surface area contributed by atoms with Gasteiger partial charge < -0.3 is 14.2 Å². The second-order valence-corrected chi connectivity index (χ2v) is 5.32. The van der Waals surface area contributed by atoms with Gasteiger partial charge in [0.1, 0.15) is 0 Å². The number of rotatable bonds is 2. The number of carbonyl (C=O) groups is 1. The maximum atomic E-state index is 12.0. The van der Waals surface area contributed by atoms with Crippen molar-refractivity contribution in [2.24, 2.45) is 4.99 Å². The van der Waals surface area contributed by atoms with Gasteiger partial charge in [-0.05, 0) is 42.8 Å². The molecule has 0 spiro atoms. The van der Waals surface area contributed by atoms with Crippen LogP contribution in [0.5, 0.6) is 11.5 Å². The molecule has 5 nitrogen and oxygen atoms in total. The number of cyclic esters (lactones) is 1. The minimum atomic E-state index is -0.459. The lowest BCUT2D eigenvalue weighted by Gasteiger charge is -1.99. The number of fused-ring (bicyclic) bond motifs is 1. The topological polar surface area (TPSA) is 57.1 Å². The zero-order valence-corrected chi connectivity index (χ0v) is 12.4. The maximum absolute atomic E-state index is 12.0. The highest BCUT2D eigenvalue weighted by Gasteiger charge is 2.24. The molecule has 0 saturated carbocycles. The van der Waals surface area contributed by atoms with Crippen molar-refractivity contribution in [3.05, 3.63) is 64.9 Å². The van der Waals surface area contributed by atoms with E-state index in [1.807, 2.05) is 43.3 Å². The third-order valence-electron chi connectivity index (χ3n) is 3.59. The van der Waals surface area contributed by atoms with E-state index in [1.54, 1.807) is 12.1 Å². The van der Waals surface area contributed by atoms with Crippen molar-refractivity contribution in [1.29, 1.82) is 0 Å². The van der Waals surface area contributed by atoms with Crippen LogP contribution in [0.3, 0.4) is 0 Å². The van der Waals surface area contributed by atoms with Crippen LogP contribution in [-0.4, -0.2) is 18.7 Å². The number of hydrogen-bond acceptors (Lipinski definition) is 5. The molecule has 4 rings (SSSR count). The highest BCUT2D eigenvalue weighted by Crippen LogP contribution is 2.33. The number of nitrogens with zero attached hydrogens (tertiary/aromatic N) is 1. The second-order valence-electron chi connectivity index (χ2n) is 5.32. The molecule has 0 bridgehead atoms. The van der Waals surface area contributed by atoms with E-state index in [-0.39, 0.29) is 12.5 Å². The van der Waals surface area contributed by atoms with Crippen molar-refractivity contribution < 1.29 is 19.0 Å². The molecular weight excluding hydrogens is 294 g/mol. The van der Waals surface area contributed by atoms with Gasteiger partial charge in [0.05, 0.1) is 0 Å². The summed E-state index contributed by atoms with van der Waals surface area (Å²) in [6.45, 7) is 2.19. The van der Waals surface area contributed by atoms with Gasteiger partial charge in [-0.1, -0.05) is 23.8 Å². The van der Waals surface area contributed by atoms with Gasteiger partial charge in [0.25, 0.3) is 0 Å². The van der Waals surface area contributed by atoms with E-state index in [1.165, 1.54) is 0 Å². The molecule has 5 heteroatoms. The monoisotopic (exact) mass is 307 g/mol. The van der Waals surface area contributed by atoms with Crippen molar-refractivity contribution in [2.75, 3.05) is 6.79 Å². The SMILES string of the molecule is Cc1cccc(C2=N/C(=C\c3ccc4c(c3)OCO4)C(=O)O2)c1. The van der Waals surface area contributed by atoms with Crippen LogP contribution in [0.4, 0.5) is 0 Å². The van der Waals surface area contributed by atoms with Crippen molar-refractivity contribution in [2.45, 2.75) is 6.92 Å². The summed E-state index contributed by atoms with van der Waals surface area (Å²) in [5.74, 6) is 1.23. The summed E-state index contributed by atoms with van der Waals surface area (Å²) in [5, 5.41) is 0. The third-order valence-corrected chi connectivity index (χ3v) is 3.59. The fourth-order valence-electron chi connectivity index (χ4n) is 2.47. The zero-order chi connectivity index (χ0) is 15.8. The lowest BCUT2D eigenvalue weighted by Crippen LogP contribution is -2.05. The van der Waals surface area contributed by atoms with Crippen molar-refractivity contribution in [3.63, 3.8) is 0 Å². The highest BCUT2D eigenvalue weighted by molar-refractivity contribution is 6.12. The first kappa shape index (κ1) is 13.6. The molecule has 2 aliphatic heterocycles. The fourth-order valence-corrected chi connectivity index (χ4v) is 2.47. The number of aliphatic imine (C=N–C) groups is 1. The Hall–Kier alpha value is -3.08. The lowest BCUT2D eigenvalue weighted by atomic mass is 10.1. The molecule has 0 aliphatic carbocycles. The molecule has 2 aliphatic rings. The van der Waals surface area contributed by atoms with E-state index in [9.17, 15) is 4.79 Å². The van der Waals surface area contributed by atoms with Gasteiger partial charge in [-0.15, -0.1) is 0 Å². The number of benzene rings is 2. The highest BCUT2D eigenvalue weighted by atomic mass is 16.7. The summed E-state index contributed by atoms with van der Waals surface area (Å²) in [7, 11) is 0. The number of esters is 1. The van der Waals surface area contributed by atoms with E-state index in [4.69, 9.17) is 14.2 Å². The molecule has 114 valence electrons. The molecule has 0 fully saturated rings. The van der Waals surface area contributed by atoms with Gasteiger partial charge in [-0.2, -0.15) is 0 Å². The van der Waals surface area contributed by atoms with Crippen molar-refractivity contribution >= 4 is 17.9 Å². The summed E-state index contributed by atoms with van der Waals surface area (Å²) in [6, 6.07) is 13.1. The Balaban J connectivity index is 1.67. The van der Waals surface area contributed by atoms with Gasteiger partial charge in [-0.3, -0.25) is 0 Å². The summed E-state index contributed by atoms with van der Waals surface area (Å²) in [5.41, 5.74) is 2.93. The number of carbonyl (C=O) groups excluding carboxylic acids is 1. The maximum Gasteiger partial charge on any atom is 0.363 e. The van der Waals surface area contributed by atoms with E-state index in [0.717, 1.165) is 16.7 Å². The molecular formula is C18H13NO4. The molecule has 0 unspecified atom stereocenters. The molecule has 23 heavy (non-hydrogen) atoms. The number of aryl methyl sites for hydroxylation is 1. The van der Waals surface area contributed by atoms with E-state index in [2.05, 4.69) is 4.99 Å². The summed E-state index contributed by atoms with van der Waals surface area (Å²) >= 11 is 0. The quantitative estimate of drug-likeness (QED) is 0.632. The van der Waals surface area contributed by atoms with Crippen LogP contribution in [-0.2, 0) is 9.53 Å². The molecule has 0 N–H and O–H groups in total. The smallest absolute Gasteiger partial charge is 0.363 e. The molecule has 0 radical (unpaired) electrons. The Bertz CT molecular complexity index is 867. The molecule has 0 atom stereocenters. The predicted molar refractivity (Wildman–Crippen MR) is 84.4 cm³/mol. The van der Waals surface area contributed by atoms with Crippen LogP contribution in [0, 0.1) is 6.92 Å². The molecule has 2 heterocycles. The lowest BCUT2D eigenvalue weighted by molar-refractivity contribution is -0.129. The Morgan fingerprint density at radius 1 is 1.09 bits per heavy atom. The van der Waals surface area contributed by atoms with E-state index in [0.29, 0.717) is 17.4 Å². The Morgan fingerprint density at radius 3 is 2.83 bits per heavy atom. The van der Waals surface area contributed by atoms with Crippen molar-refractivity contribution in [1.82, 2.24) is 0 Å². The minimum Gasteiger partial charge on any atom is -0.454 e. The number of hydrogen-bond donors (Lipinski definition) is 0. The largest absolute Gasteiger partial charge is 0.454 e. The Labute approximate surface area is 132 Å². The molecule has 0 amide bonds. The Kier molecular flexibility index (Phi) is 3.12. The molecule has 0 saturated heterocycles. The first-order valence-electron chi connectivity index (χ1n) is 7.18. The standard InChI is InChI=1S/C18H13NO4/c1-11-3-2-4-13(7-11)17-19-14(18(20)23-17)8-12-5-6-15-16(9-12)22-10-21-15/h2-9H,10H2,1H3/b14-8-.